The van der Waals surface area contributed by atoms with Gasteiger partial charge in [0.25, 0.3) is 0 Å². The normalized spacial score (nSPS) is 28.8. The van der Waals surface area contributed by atoms with Crippen LogP contribution in [0.1, 0.15) is 23.9 Å². The monoisotopic (exact) mass is 175 g/mol. The highest BCUT2D eigenvalue weighted by atomic mass is 16.1. The van der Waals surface area contributed by atoms with Crippen LogP contribution >= 0.6 is 0 Å². The summed E-state index contributed by atoms with van der Waals surface area (Å²) in [6.45, 7) is 1.94. The highest BCUT2D eigenvalue weighted by Crippen LogP contribution is 2.49. The van der Waals surface area contributed by atoms with Gasteiger partial charge in [-0.1, -0.05) is 0 Å². The maximum Gasteiger partial charge on any atom is 0.166 e. The van der Waals surface area contributed by atoms with Gasteiger partial charge in [0.1, 0.15) is 11.5 Å². The summed E-state index contributed by atoms with van der Waals surface area (Å²) >= 11 is 0. The van der Waals surface area contributed by atoms with Gasteiger partial charge in [-0.3, -0.25) is 4.79 Å². The summed E-state index contributed by atoms with van der Waals surface area (Å²) in [5.41, 5.74) is 1.64. The zero-order valence-corrected chi connectivity index (χ0v) is 7.27. The molecule has 2 atom stereocenters. The van der Waals surface area contributed by atoms with Gasteiger partial charge in [0.05, 0.1) is 11.9 Å². The number of aldehydes is 1. The van der Waals surface area contributed by atoms with Crippen molar-refractivity contribution in [1.82, 2.24) is 9.66 Å². The van der Waals surface area contributed by atoms with Gasteiger partial charge in [0, 0.05) is 11.8 Å². The van der Waals surface area contributed by atoms with Crippen molar-refractivity contribution in [2.24, 2.45) is 11.0 Å². The fourth-order valence-electron chi connectivity index (χ4n) is 1.95. The molecular formula is C9H9N3O. The second-order valence-electron chi connectivity index (χ2n) is 3.68. The molecule has 0 spiro atoms. The number of fused-ring (bicyclic) bond motifs is 3. The van der Waals surface area contributed by atoms with Crippen LogP contribution in [0.2, 0.25) is 0 Å². The minimum Gasteiger partial charge on any atom is -0.296 e. The lowest BCUT2D eigenvalue weighted by molar-refractivity contribution is -0.102. The lowest BCUT2D eigenvalue weighted by Crippen LogP contribution is -2.13. The molecule has 66 valence electrons. The first-order valence-corrected chi connectivity index (χ1v) is 4.39. The van der Waals surface area contributed by atoms with Crippen LogP contribution < -0.4 is 0 Å². The van der Waals surface area contributed by atoms with E-state index in [1.165, 1.54) is 0 Å². The highest BCUT2D eigenvalue weighted by molar-refractivity contribution is 6.30. The predicted molar refractivity (Wildman–Crippen MR) is 46.7 cm³/mol. The number of carbonyl (C=O) groups is 1. The molecular weight excluding hydrogens is 166 g/mol. The lowest BCUT2D eigenvalue weighted by Gasteiger charge is -2.07. The van der Waals surface area contributed by atoms with E-state index in [2.05, 4.69) is 10.1 Å². The zero-order valence-electron chi connectivity index (χ0n) is 7.27. The Morgan fingerprint density at radius 1 is 1.62 bits per heavy atom. The third-order valence-corrected chi connectivity index (χ3v) is 2.68. The Kier molecular flexibility index (Phi) is 1.12. The van der Waals surface area contributed by atoms with Crippen LogP contribution in [0.25, 0.3) is 0 Å². The second kappa shape index (κ2) is 2.07. The molecule has 1 aliphatic carbocycles. The van der Waals surface area contributed by atoms with Crippen molar-refractivity contribution < 1.29 is 4.79 Å². The summed E-state index contributed by atoms with van der Waals surface area (Å²) in [5, 5.41) is 4.21. The average molecular weight is 175 g/mol. The standard InChI is InChI=1S/C9H9N3O/c1-5-3-12-9(10-5)7-2-6(7)8(4-13)11-12/h3-4,6-7H,2H2,1H3. The Labute approximate surface area is 75.3 Å². The van der Waals surface area contributed by atoms with Crippen molar-refractivity contribution in [3.05, 3.63) is 17.7 Å². The molecule has 2 unspecified atom stereocenters. The van der Waals surface area contributed by atoms with Crippen molar-refractivity contribution in [2.45, 2.75) is 19.3 Å². The average Bonchev–Trinajstić information content (AvgIpc) is 2.82. The number of aryl methyl sites for hydroxylation is 1. The Hall–Kier alpha value is -1.45. The first-order chi connectivity index (χ1) is 6.29. The molecule has 4 heteroatoms. The highest BCUT2D eigenvalue weighted by Gasteiger charge is 2.47. The zero-order chi connectivity index (χ0) is 9.00. The number of hydrogen-bond donors (Lipinski definition) is 0. The van der Waals surface area contributed by atoms with E-state index in [4.69, 9.17) is 0 Å². The number of aromatic nitrogens is 2. The predicted octanol–water partition coefficient (Wildman–Crippen LogP) is 0.712. The van der Waals surface area contributed by atoms with Crippen LogP contribution in [0.4, 0.5) is 0 Å². The molecule has 2 heterocycles. The quantitative estimate of drug-likeness (QED) is 0.590. The Balaban J connectivity index is 2.18. The van der Waals surface area contributed by atoms with E-state index in [0.717, 1.165) is 24.2 Å². The molecule has 2 aliphatic rings. The van der Waals surface area contributed by atoms with Gasteiger partial charge in [0.15, 0.2) is 6.29 Å². The maximum absolute atomic E-state index is 10.6. The molecule has 0 aromatic carbocycles. The van der Waals surface area contributed by atoms with Gasteiger partial charge in [-0.05, 0) is 13.3 Å². The van der Waals surface area contributed by atoms with E-state index < -0.39 is 0 Å². The third kappa shape index (κ3) is 0.826. The smallest absolute Gasteiger partial charge is 0.166 e. The van der Waals surface area contributed by atoms with Crippen LogP contribution in [0.5, 0.6) is 0 Å². The summed E-state index contributed by atoms with van der Waals surface area (Å²) < 4.78 is 1.74. The topological polar surface area (TPSA) is 47.2 Å². The van der Waals surface area contributed by atoms with E-state index in [-0.39, 0.29) is 0 Å². The molecule has 0 bridgehead atoms. The first kappa shape index (κ1) is 7.00. The molecule has 0 radical (unpaired) electrons. The van der Waals surface area contributed by atoms with Crippen molar-refractivity contribution in [1.29, 1.82) is 0 Å². The Morgan fingerprint density at radius 3 is 3.23 bits per heavy atom. The summed E-state index contributed by atoms with van der Waals surface area (Å²) in [5.74, 6) is 1.83. The second-order valence-corrected chi connectivity index (χ2v) is 3.68. The van der Waals surface area contributed by atoms with Gasteiger partial charge in [0.2, 0.25) is 0 Å². The summed E-state index contributed by atoms with van der Waals surface area (Å²) in [6, 6.07) is 0. The van der Waals surface area contributed by atoms with Crippen molar-refractivity contribution >= 4 is 12.0 Å². The van der Waals surface area contributed by atoms with Crippen molar-refractivity contribution in [3.63, 3.8) is 0 Å². The molecule has 4 nitrogen and oxygen atoms in total. The minimum atomic E-state index is 0.354. The molecule has 1 aromatic rings. The van der Waals surface area contributed by atoms with Gasteiger partial charge in [-0.2, -0.15) is 5.10 Å². The molecule has 1 aliphatic heterocycles. The first-order valence-electron chi connectivity index (χ1n) is 4.39. The molecule has 0 N–H and O–H groups in total. The van der Waals surface area contributed by atoms with E-state index >= 15 is 0 Å². The molecule has 1 fully saturated rings. The SMILES string of the molecule is Cc1cn2c(n1)C1CC1C(C=O)=N2. The van der Waals surface area contributed by atoms with E-state index in [9.17, 15) is 4.79 Å². The molecule has 0 amide bonds. The van der Waals surface area contributed by atoms with Crippen LogP contribution in [-0.4, -0.2) is 21.7 Å². The summed E-state index contributed by atoms with van der Waals surface area (Å²) in [7, 11) is 0. The lowest BCUT2D eigenvalue weighted by atomic mass is 10.2. The minimum absolute atomic E-state index is 0.354. The number of imidazole rings is 1. The van der Waals surface area contributed by atoms with Gasteiger partial charge in [-0.15, -0.1) is 0 Å². The largest absolute Gasteiger partial charge is 0.296 e. The van der Waals surface area contributed by atoms with Crippen molar-refractivity contribution in [2.75, 3.05) is 0 Å². The Morgan fingerprint density at radius 2 is 2.46 bits per heavy atom. The number of carbonyl (C=O) groups excluding carboxylic acids is 1. The van der Waals surface area contributed by atoms with E-state index in [1.54, 1.807) is 4.68 Å². The summed E-state index contributed by atoms with van der Waals surface area (Å²) in [4.78, 5) is 15.0. The fraction of sp³-hybridized carbons (Fsp3) is 0.444. The number of hydrogen-bond acceptors (Lipinski definition) is 3. The molecule has 13 heavy (non-hydrogen) atoms. The third-order valence-electron chi connectivity index (χ3n) is 2.68. The van der Waals surface area contributed by atoms with Crippen molar-refractivity contribution in [3.8, 4) is 0 Å². The maximum atomic E-state index is 10.6. The van der Waals surface area contributed by atoms with E-state index in [0.29, 0.717) is 17.5 Å². The number of nitrogens with zero attached hydrogens (tertiary/aromatic N) is 3. The van der Waals surface area contributed by atoms with Crippen LogP contribution in [0, 0.1) is 12.8 Å². The molecule has 1 saturated carbocycles. The molecule has 3 rings (SSSR count). The number of rotatable bonds is 1. The summed E-state index contributed by atoms with van der Waals surface area (Å²) in [6.07, 6.45) is 3.77. The molecule has 1 aromatic heterocycles. The van der Waals surface area contributed by atoms with E-state index in [1.807, 2.05) is 13.1 Å². The fourth-order valence-corrected chi connectivity index (χ4v) is 1.95. The van der Waals surface area contributed by atoms with Gasteiger partial charge >= 0.3 is 0 Å². The van der Waals surface area contributed by atoms with Gasteiger partial charge in [-0.25, -0.2) is 9.66 Å². The van der Waals surface area contributed by atoms with Crippen LogP contribution in [-0.2, 0) is 4.79 Å². The van der Waals surface area contributed by atoms with Gasteiger partial charge < -0.3 is 0 Å². The molecule has 0 saturated heterocycles. The Bertz CT molecular complexity index is 418. The van der Waals surface area contributed by atoms with Crippen LogP contribution in [0.3, 0.4) is 0 Å². The van der Waals surface area contributed by atoms with Crippen LogP contribution in [0.15, 0.2) is 11.3 Å².